The summed E-state index contributed by atoms with van der Waals surface area (Å²) in [6.07, 6.45) is 0. The Morgan fingerprint density at radius 1 is 1.46 bits per heavy atom. The first-order valence-corrected chi connectivity index (χ1v) is 4.10. The van der Waals surface area contributed by atoms with Crippen molar-refractivity contribution >= 4 is 18.3 Å². The van der Waals surface area contributed by atoms with Crippen LogP contribution in [-0.4, -0.2) is 13.9 Å². The van der Waals surface area contributed by atoms with Crippen molar-refractivity contribution < 1.29 is 14.6 Å². The van der Waals surface area contributed by atoms with Crippen LogP contribution in [0.4, 0.5) is 5.69 Å². The Balaban J connectivity index is 2.28. The van der Waals surface area contributed by atoms with Crippen molar-refractivity contribution in [3.63, 3.8) is 0 Å². The van der Waals surface area contributed by atoms with E-state index in [4.69, 9.17) is 4.84 Å². The number of nitrogens with one attached hydrogen (secondary N) is 1. The maximum absolute atomic E-state index is 4.88. The molecular weight excluding hydrogens is 190 g/mol. The maximum atomic E-state index is 4.88. The van der Waals surface area contributed by atoms with E-state index in [1.165, 1.54) is 7.11 Å². The van der Waals surface area contributed by atoms with Crippen molar-refractivity contribution in [2.24, 2.45) is 0 Å². The van der Waals surface area contributed by atoms with Gasteiger partial charge in [-0.05, 0) is 18.2 Å². The van der Waals surface area contributed by atoms with Crippen LogP contribution in [0.25, 0.3) is 0 Å². The normalized spacial score (nSPS) is 10.0. The van der Waals surface area contributed by atoms with Crippen molar-refractivity contribution in [1.82, 2.24) is 0 Å². The van der Waals surface area contributed by atoms with Crippen LogP contribution in [0.2, 0.25) is 0 Å². The van der Waals surface area contributed by atoms with Gasteiger partial charge < -0.3 is 0 Å². The molecule has 0 saturated carbocycles. The number of hydrogen-bond donors (Lipinski definition) is 2. The lowest BCUT2D eigenvalue weighted by molar-refractivity contribution is -0.314. The molecule has 0 aliphatic rings. The fourth-order valence-electron chi connectivity index (χ4n) is 0.754. The zero-order valence-electron chi connectivity index (χ0n) is 7.19. The molecule has 4 nitrogen and oxygen atoms in total. The van der Waals surface area contributed by atoms with Crippen LogP contribution in [0.3, 0.4) is 0 Å². The van der Waals surface area contributed by atoms with Crippen LogP contribution >= 0.6 is 12.6 Å². The van der Waals surface area contributed by atoms with Gasteiger partial charge in [0, 0.05) is 4.90 Å². The first-order chi connectivity index (χ1) is 6.33. The van der Waals surface area contributed by atoms with E-state index in [0.717, 1.165) is 10.6 Å². The molecule has 5 heteroatoms. The highest BCUT2D eigenvalue weighted by Crippen LogP contribution is 2.12. The Bertz CT molecular complexity index is 257. The number of anilines is 1. The summed E-state index contributed by atoms with van der Waals surface area (Å²) in [5, 5.41) is 0. The molecule has 0 radical (unpaired) electrons. The highest BCUT2D eigenvalue weighted by Gasteiger charge is 1.91. The van der Waals surface area contributed by atoms with Crippen molar-refractivity contribution in [1.29, 1.82) is 0 Å². The van der Waals surface area contributed by atoms with Crippen LogP contribution in [0.15, 0.2) is 29.2 Å². The molecule has 0 spiro atoms. The minimum Gasteiger partial charge on any atom is -0.264 e. The second-order valence-electron chi connectivity index (χ2n) is 2.20. The van der Waals surface area contributed by atoms with Gasteiger partial charge in [0.25, 0.3) is 0 Å². The first kappa shape index (κ1) is 10.3. The van der Waals surface area contributed by atoms with Gasteiger partial charge in [-0.25, -0.2) is 14.6 Å². The quantitative estimate of drug-likeness (QED) is 0.251. The number of hydrogen-bond acceptors (Lipinski definition) is 5. The highest BCUT2D eigenvalue weighted by atomic mass is 32.1. The van der Waals surface area contributed by atoms with E-state index in [2.05, 4.69) is 27.9 Å². The van der Waals surface area contributed by atoms with E-state index in [1.54, 1.807) is 0 Å². The van der Waals surface area contributed by atoms with Gasteiger partial charge in [0.2, 0.25) is 6.79 Å². The molecule has 0 aromatic heterocycles. The van der Waals surface area contributed by atoms with Crippen LogP contribution in [-0.2, 0) is 14.6 Å². The number of thiol groups is 1. The molecular formula is C8H11NO3S. The van der Waals surface area contributed by atoms with Crippen LogP contribution < -0.4 is 5.48 Å². The lowest BCUT2D eigenvalue weighted by Crippen LogP contribution is -2.05. The molecule has 13 heavy (non-hydrogen) atoms. The summed E-state index contributed by atoms with van der Waals surface area (Å²) in [7, 11) is 1.41. The minimum atomic E-state index is 0.0211. The third kappa shape index (κ3) is 4.14. The van der Waals surface area contributed by atoms with Gasteiger partial charge in [0.05, 0.1) is 12.8 Å². The molecule has 0 atom stereocenters. The smallest absolute Gasteiger partial charge is 0.207 e. The Morgan fingerprint density at radius 3 is 3.00 bits per heavy atom. The predicted molar refractivity (Wildman–Crippen MR) is 51.4 cm³/mol. The monoisotopic (exact) mass is 201 g/mol. The zero-order valence-corrected chi connectivity index (χ0v) is 8.08. The van der Waals surface area contributed by atoms with Crippen molar-refractivity contribution in [2.45, 2.75) is 4.90 Å². The fourth-order valence-corrected chi connectivity index (χ4v) is 0.980. The lowest BCUT2D eigenvalue weighted by Gasteiger charge is -2.05. The summed E-state index contributed by atoms with van der Waals surface area (Å²) in [5.74, 6) is 0. The Labute approximate surface area is 82.1 Å². The summed E-state index contributed by atoms with van der Waals surface area (Å²) in [4.78, 5) is 14.6. The molecule has 0 fully saturated rings. The molecule has 0 aliphatic heterocycles. The predicted octanol–water partition coefficient (Wildman–Crippen LogP) is 1.85. The summed E-state index contributed by atoms with van der Waals surface area (Å²) in [6, 6.07) is 7.42. The number of benzene rings is 1. The summed E-state index contributed by atoms with van der Waals surface area (Å²) in [6.45, 7) is 0.0211. The SMILES string of the molecule is COOCONc1cccc(S)c1. The molecule has 72 valence electrons. The lowest BCUT2D eigenvalue weighted by atomic mass is 10.3. The Hall–Kier alpha value is -0.750. The van der Waals surface area contributed by atoms with Crippen molar-refractivity contribution in [3.05, 3.63) is 24.3 Å². The Morgan fingerprint density at radius 2 is 2.31 bits per heavy atom. The van der Waals surface area contributed by atoms with E-state index in [0.29, 0.717) is 0 Å². The van der Waals surface area contributed by atoms with Gasteiger partial charge >= 0.3 is 0 Å². The van der Waals surface area contributed by atoms with Gasteiger partial charge in [0.15, 0.2) is 0 Å². The average Bonchev–Trinajstić information content (AvgIpc) is 2.13. The second kappa shape index (κ2) is 5.82. The van der Waals surface area contributed by atoms with Gasteiger partial charge in [0.1, 0.15) is 0 Å². The zero-order chi connectivity index (χ0) is 9.52. The van der Waals surface area contributed by atoms with E-state index >= 15 is 0 Å². The second-order valence-corrected chi connectivity index (χ2v) is 2.72. The fraction of sp³-hybridized carbons (Fsp3) is 0.250. The van der Waals surface area contributed by atoms with Crippen LogP contribution in [0.5, 0.6) is 0 Å². The van der Waals surface area contributed by atoms with E-state index < -0.39 is 0 Å². The standard InChI is InChI=1S/C8H11NO3S/c1-10-12-6-11-9-7-3-2-4-8(13)5-7/h2-5,9,13H,6H2,1H3. The van der Waals surface area contributed by atoms with Gasteiger partial charge in [-0.2, -0.15) is 0 Å². The van der Waals surface area contributed by atoms with E-state index in [9.17, 15) is 0 Å². The molecule has 0 bridgehead atoms. The van der Waals surface area contributed by atoms with Crippen LogP contribution in [0.1, 0.15) is 0 Å². The summed E-state index contributed by atoms with van der Waals surface area (Å²) in [5.41, 5.74) is 3.48. The van der Waals surface area contributed by atoms with E-state index in [-0.39, 0.29) is 6.79 Å². The minimum absolute atomic E-state index is 0.0211. The molecule has 1 aromatic carbocycles. The summed E-state index contributed by atoms with van der Waals surface area (Å²) < 4.78 is 0. The molecule has 0 saturated heterocycles. The molecule has 0 heterocycles. The van der Waals surface area contributed by atoms with Crippen molar-refractivity contribution in [2.75, 3.05) is 19.4 Å². The highest BCUT2D eigenvalue weighted by molar-refractivity contribution is 7.80. The molecule has 0 amide bonds. The van der Waals surface area contributed by atoms with Gasteiger partial charge in [-0.3, -0.25) is 5.48 Å². The number of rotatable bonds is 5. The average molecular weight is 201 g/mol. The molecule has 0 unspecified atom stereocenters. The third-order valence-electron chi connectivity index (χ3n) is 1.26. The van der Waals surface area contributed by atoms with Crippen LogP contribution in [0, 0.1) is 0 Å². The molecule has 1 rings (SSSR count). The van der Waals surface area contributed by atoms with E-state index in [1.807, 2.05) is 24.3 Å². The topological polar surface area (TPSA) is 39.7 Å². The summed E-state index contributed by atoms with van der Waals surface area (Å²) >= 11 is 4.17. The van der Waals surface area contributed by atoms with Gasteiger partial charge in [-0.1, -0.05) is 6.07 Å². The first-order valence-electron chi connectivity index (χ1n) is 3.65. The molecule has 1 N–H and O–H groups in total. The molecule has 0 aliphatic carbocycles. The molecule has 1 aromatic rings. The largest absolute Gasteiger partial charge is 0.264 e. The third-order valence-corrected chi connectivity index (χ3v) is 1.54. The van der Waals surface area contributed by atoms with Gasteiger partial charge in [-0.15, -0.1) is 12.6 Å². The van der Waals surface area contributed by atoms with Crippen molar-refractivity contribution in [3.8, 4) is 0 Å². The maximum Gasteiger partial charge on any atom is 0.207 e. The Kier molecular flexibility index (Phi) is 4.63.